The molecule has 4 heteroatoms. The molecular weight excluding hydrogens is 275 g/mol. The zero-order valence-electron chi connectivity index (χ0n) is 11.6. The predicted octanol–water partition coefficient (Wildman–Crippen LogP) is 4.73. The van der Waals surface area contributed by atoms with Gasteiger partial charge in [0, 0.05) is 17.6 Å². The highest BCUT2D eigenvalue weighted by Crippen LogP contribution is 2.37. The molecule has 0 bridgehead atoms. The predicted molar refractivity (Wildman–Crippen MR) is 82.1 cm³/mol. The molecule has 3 rings (SSSR count). The Labute approximate surface area is 123 Å². The van der Waals surface area contributed by atoms with E-state index in [4.69, 9.17) is 11.6 Å². The minimum Gasteiger partial charge on any atom is -0.384 e. The van der Waals surface area contributed by atoms with Crippen LogP contribution >= 0.6 is 11.6 Å². The summed E-state index contributed by atoms with van der Waals surface area (Å²) in [5, 5.41) is 4.68. The number of anilines is 1. The summed E-state index contributed by atoms with van der Waals surface area (Å²) < 4.78 is 14.1. The summed E-state index contributed by atoms with van der Waals surface area (Å²) in [5.41, 5.74) is 3.64. The van der Waals surface area contributed by atoms with Crippen LogP contribution in [0.25, 0.3) is 10.9 Å². The number of hydrogen-bond acceptors (Lipinski definition) is 2. The van der Waals surface area contributed by atoms with E-state index in [1.165, 1.54) is 18.1 Å². The third-order valence-corrected chi connectivity index (χ3v) is 4.23. The molecule has 0 unspecified atom stereocenters. The lowest BCUT2D eigenvalue weighted by Crippen LogP contribution is -2.07. The van der Waals surface area contributed by atoms with Crippen molar-refractivity contribution >= 4 is 28.2 Å². The highest BCUT2D eigenvalue weighted by molar-refractivity contribution is 6.36. The van der Waals surface area contributed by atoms with Crippen LogP contribution in [0.1, 0.15) is 37.4 Å². The van der Waals surface area contributed by atoms with Crippen molar-refractivity contribution < 1.29 is 4.39 Å². The van der Waals surface area contributed by atoms with Crippen LogP contribution < -0.4 is 5.32 Å². The van der Waals surface area contributed by atoms with Crippen LogP contribution in [-0.2, 0) is 12.8 Å². The average molecular weight is 293 g/mol. The summed E-state index contributed by atoms with van der Waals surface area (Å²) >= 11 is 6.31. The Hall–Kier alpha value is -1.35. The van der Waals surface area contributed by atoms with Crippen molar-refractivity contribution in [1.82, 2.24) is 4.98 Å². The van der Waals surface area contributed by atoms with Gasteiger partial charge < -0.3 is 5.32 Å². The van der Waals surface area contributed by atoms with Gasteiger partial charge in [0.2, 0.25) is 0 Å². The van der Waals surface area contributed by atoms with E-state index < -0.39 is 0 Å². The maximum atomic E-state index is 14.1. The second-order valence-corrected chi connectivity index (χ2v) is 5.66. The van der Waals surface area contributed by atoms with Crippen LogP contribution in [0.15, 0.2) is 12.1 Å². The number of benzene rings is 1. The topological polar surface area (TPSA) is 24.9 Å². The van der Waals surface area contributed by atoms with E-state index in [-0.39, 0.29) is 5.82 Å². The van der Waals surface area contributed by atoms with Crippen LogP contribution in [0.2, 0.25) is 5.02 Å². The van der Waals surface area contributed by atoms with E-state index in [2.05, 4.69) is 10.3 Å². The Morgan fingerprint density at radius 3 is 2.85 bits per heavy atom. The lowest BCUT2D eigenvalue weighted by Gasteiger charge is -2.17. The van der Waals surface area contributed by atoms with Crippen LogP contribution in [0.3, 0.4) is 0 Å². The Bertz CT molecular complexity index is 655. The highest BCUT2D eigenvalue weighted by Gasteiger charge is 2.20. The molecule has 0 amide bonds. The normalized spacial score (nSPS) is 14.9. The standard InChI is InChI=1S/C16H18ClFN2/c1-2-19-15-10-6-4-3-5-7-13(10)20-16-12(18)9-8-11(17)14(15)16/h8-9H,2-7H2,1H3,(H,19,20). The lowest BCUT2D eigenvalue weighted by molar-refractivity contribution is 0.636. The van der Waals surface area contributed by atoms with E-state index in [9.17, 15) is 4.39 Å². The molecule has 1 heterocycles. The van der Waals surface area contributed by atoms with Gasteiger partial charge in [-0.3, -0.25) is 0 Å². The number of nitrogens with zero attached hydrogens (tertiary/aromatic N) is 1. The number of rotatable bonds is 2. The number of aromatic nitrogens is 1. The summed E-state index contributed by atoms with van der Waals surface area (Å²) in [4.78, 5) is 4.58. The Kier molecular flexibility index (Phi) is 3.79. The molecule has 0 radical (unpaired) electrons. The van der Waals surface area contributed by atoms with Crippen LogP contribution in [-0.4, -0.2) is 11.5 Å². The maximum absolute atomic E-state index is 14.1. The van der Waals surface area contributed by atoms with Crippen LogP contribution in [0, 0.1) is 5.82 Å². The lowest BCUT2D eigenvalue weighted by atomic mass is 10.0. The van der Waals surface area contributed by atoms with Crippen molar-refractivity contribution in [3.05, 3.63) is 34.2 Å². The minimum atomic E-state index is -0.296. The number of aryl methyl sites for hydroxylation is 1. The van der Waals surface area contributed by atoms with Crippen LogP contribution in [0.5, 0.6) is 0 Å². The first kappa shape index (κ1) is 13.6. The molecule has 20 heavy (non-hydrogen) atoms. The van der Waals surface area contributed by atoms with Gasteiger partial charge in [-0.25, -0.2) is 9.37 Å². The summed E-state index contributed by atoms with van der Waals surface area (Å²) in [6, 6.07) is 3.02. The van der Waals surface area contributed by atoms with Crippen molar-refractivity contribution in [1.29, 1.82) is 0 Å². The minimum absolute atomic E-state index is 0.296. The molecule has 0 spiro atoms. The Morgan fingerprint density at radius 2 is 2.05 bits per heavy atom. The largest absolute Gasteiger partial charge is 0.384 e. The first-order valence-corrected chi connectivity index (χ1v) is 7.63. The molecule has 1 aromatic heterocycles. The number of fused-ring (bicyclic) bond motifs is 2. The molecule has 1 aliphatic carbocycles. The molecule has 0 atom stereocenters. The molecule has 0 fully saturated rings. The van der Waals surface area contributed by atoms with Crippen molar-refractivity contribution in [2.24, 2.45) is 0 Å². The molecule has 2 aromatic rings. The number of hydrogen-bond donors (Lipinski definition) is 1. The molecule has 106 valence electrons. The van der Waals surface area contributed by atoms with Gasteiger partial charge >= 0.3 is 0 Å². The Morgan fingerprint density at radius 1 is 1.25 bits per heavy atom. The molecule has 1 aromatic carbocycles. The highest BCUT2D eigenvalue weighted by atomic mass is 35.5. The molecule has 1 N–H and O–H groups in total. The van der Waals surface area contributed by atoms with Crippen LogP contribution in [0.4, 0.5) is 10.1 Å². The zero-order valence-corrected chi connectivity index (χ0v) is 12.4. The monoisotopic (exact) mass is 292 g/mol. The van der Waals surface area contributed by atoms with E-state index in [1.807, 2.05) is 6.92 Å². The number of pyridine rings is 1. The molecule has 0 saturated carbocycles. The summed E-state index contributed by atoms with van der Waals surface area (Å²) in [7, 11) is 0. The quantitative estimate of drug-likeness (QED) is 0.810. The van der Waals surface area contributed by atoms with Gasteiger partial charge in [0.25, 0.3) is 0 Å². The Balaban J connectivity index is 2.36. The fraction of sp³-hybridized carbons (Fsp3) is 0.438. The second kappa shape index (κ2) is 5.57. The first-order valence-electron chi connectivity index (χ1n) is 7.25. The molecular formula is C16H18ClFN2. The SMILES string of the molecule is CCNc1c2c(nc3c(F)ccc(Cl)c13)CCCCC2. The number of halogens is 2. The first-order chi connectivity index (χ1) is 9.72. The average Bonchev–Trinajstić information content (AvgIpc) is 2.68. The maximum Gasteiger partial charge on any atom is 0.149 e. The fourth-order valence-corrected chi connectivity index (χ4v) is 3.25. The van der Waals surface area contributed by atoms with E-state index in [0.29, 0.717) is 10.5 Å². The van der Waals surface area contributed by atoms with Crippen molar-refractivity contribution in [2.45, 2.75) is 39.0 Å². The van der Waals surface area contributed by atoms with Crippen molar-refractivity contribution in [3.8, 4) is 0 Å². The fourth-order valence-electron chi connectivity index (χ4n) is 3.00. The third-order valence-electron chi connectivity index (χ3n) is 3.92. The van der Waals surface area contributed by atoms with Gasteiger partial charge in [0.1, 0.15) is 11.3 Å². The van der Waals surface area contributed by atoms with E-state index in [1.54, 1.807) is 6.07 Å². The summed E-state index contributed by atoms with van der Waals surface area (Å²) in [6.07, 6.45) is 5.41. The molecule has 0 saturated heterocycles. The van der Waals surface area contributed by atoms with Gasteiger partial charge in [-0.1, -0.05) is 18.0 Å². The summed E-state index contributed by atoms with van der Waals surface area (Å²) in [5.74, 6) is -0.296. The van der Waals surface area contributed by atoms with Gasteiger partial charge in [0.15, 0.2) is 0 Å². The second-order valence-electron chi connectivity index (χ2n) is 5.26. The van der Waals surface area contributed by atoms with E-state index >= 15 is 0 Å². The van der Waals surface area contributed by atoms with Crippen molar-refractivity contribution in [2.75, 3.05) is 11.9 Å². The van der Waals surface area contributed by atoms with Crippen molar-refractivity contribution in [3.63, 3.8) is 0 Å². The third kappa shape index (κ3) is 2.24. The van der Waals surface area contributed by atoms with Gasteiger partial charge in [0.05, 0.1) is 10.7 Å². The molecule has 2 nitrogen and oxygen atoms in total. The van der Waals surface area contributed by atoms with Gasteiger partial charge in [-0.15, -0.1) is 0 Å². The molecule has 0 aliphatic heterocycles. The smallest absolute Gasteiger partial charge is 0.149 e. The van der Waals surface area contributed by atoms with Gasteiger partial charge in [-0.2, -0.15) is 0 Å². The number of nitrogens with one attached hydrogen (secondary N) is 1. The zero-order chi connectivity index (χ0) is 14.1. The van der Waals surface area contributed by atoms with Gasteiger partial charge in [-0.05, 0) is 50.3 Å². The summed E-state index contributed by atoms with van der Waals surface area (Å²) in [6.45, 7) is 2.83. The van der Waals surface area contributed by atoms with E-state index in [0.717, 1.165) is 49.0 Å². The molecule has 1 aliphatic rings.